The van der Waals surface area contributed by atoms with E-state index < -0.39 is 0 Å². The Balaban J connectivity index is 1.52. The van der Waals surface area contributed by atoms with Crippen LogP contribution in [0.25, 0.3) is 11.1 Å². The summed E-state index contributed by atoms with van der Waals surface area (Å²) >= 11 is 0. The lowest BCUT2D eigenvalue weighted by Gasteiger charge is -2.49. The molecule has 0 aliphatic carbocycles. The summed E-state index contributed by atoms with van der Waals surface area (Å²) in [4.78, 5) is 0. The van der Waals surface area contributed by atoms with Gasteiger partial charge in [0.05, 0.1) is 19.6 Å². The highest BCUT2D eigenvalue weighted by Gasteiger charge is 2.39. The van der Waals surface area contributed by atoms with Crippen LogP contribution in [0.1, 0.15) is 24.8 Å². The van der Waals surface area contributed by atoms with Crippen molar-refractivity contribution in [3.63, 3.8) is 0 Å². The number of benzene rings is 2. The van der Waals surface area contributed by atoms with E-state index in [2.05, 4.69) is 54.6 Å². The summed E-state index contributed by atoms with van der Waals surface area (Å²) in [6.45, 7) is 5.46. The molecular weight excluding hydrogens is 254 g/mol. The van der Waals surface area contributed by atoms with Crippen molar-refractivity contribution in [3.05, 3.63) is 60.2 Å². The van der Waals surface area contributed by atoms with Crippen molar-refractivity contribution in [2.45, 2.75) is 25.8 Å². The van der Waals surface area contributed by atoms with E-state index in [0.717, 1.165) is 5.92 Å². The van der Waals surface area contributed by atoms with Gasteiger partial charge in [-0.15, -0.1) is 0 Å². The fourth-order valence-corrected chi connectivity index (χ4v) is 4.20. The van der Waals surface area contributed by atoms with Gasteiger partial charge in [0, 0.05) is 5.56 Å². The SMILES string of the molecule is c1ccc(-c2ccc(C[N+]34CCC(CC3)CC4)cc2)cc1. The third kappa shape index (κ3) is 2.63. The first-order valence-corrected chi connectivity index (χ1v) is 8.33. The van der Waals surface area contributed by atoms with Gasteiger partial charge < -0.3 is 4.48 Å². The molecule has 1 nitrogen and oxygen atoms in total. The number of rotatable bonds is 3. The van der Waals surface area contributed by atoms with Crippen molar-refractivity contribution >= 4 is 0 Å². The van der Waals surface area contributed by atoms with Crippen molar-refractivity contribution in [2.24, 2.45) is 5.92 Å². The first-order valence-electron chi connectivity index (χ1n) is 8.33. The van der Waals surface area contributed by atoms with Crippen LogP contribution >= 0.6 is 0 Å². The topological polar surface area (TPSA) is 0 Å². The van der Waals surface area contributed by atoms with Crippen LogP contribution in [0.2, 0.25) is 0 Å². The van der Waals surface area contributed by atoms with Crippen LogP contribution in [0.5, 0.6) is 0 Å². The standard InChI is InChI=1S/C20H24N/c1-2-4-19(5-3-1)20-8-6-18(7-9-20)16-21-13-10-17(11-14-21)12-15-21/h1-9,17H,10-16H2/q+1. The van der Waals surface area contributed by atoms with Crippen LogP contribution in [0.4, 0.5) is 0 Å². The van der Waals surface area contributed by atoms with Gasteiger partial charge in [0.2, 0.25) is 0 Å². The molecule has 3 heterocycles. The predicted octanol–water partition coefficient (Wildman–Crippen LogP) is 4.48. The predicted molar refractivity (Wildman–Crippen MR) is 87.8 cm³/mol. The lowest BCUT2D eigenvalue weighted by molar-refractivity contribution is -0.955. The highest BCUT2D eigenvalue weighted by atomic mass is 15.4. The molecule has 3 aliphatic rings. The molecule has 21 heavy (non-hydrogen) atoms. The molecule has 108 valence electrons. The number of piperidine rings is 3. The summed E-state index contributed by atoms with van der Waals surface area (Å²) in [6, 6.07) is 19.9. The Morgan fingerprint density at radius 1 is 0.714 bits per heavy atom. The van der Waals surface area contributed by atoms with E-state index in [9.17, 15) is 0 Å². The summed E-state index contributed by atoms with van der Waals surface area (Å²) in [5.74, 6) is 1.05. The molecule has 0 unspecified atom stereocenters. The molecule has 0 radical (unpaired) electrons. The van der Waals surface area contributed by atoms with Crippen LogP contribution in [-0.2, 0) is 6.54 Å². The highest BCUT2D eigenvalue weighted by Crippen LogP contribution is 2.35. The number of nitrogens with zero attached hydrogens (tertiary/aromatic N) is 1. The summed E-state index contributed by atoms with van der Waals surface area (Å²) in [6.07, 6.45) is 4.38. The molecule has 2 aromatic rings. The molecule has 0 spiro atoms. The molecule has 2 aromatic carbocycles. The number of hydrogen-bond donors (Lipinski definition) is 0. The van der Waals surface area contributed by atoms with Crippen molar-refractivity contribution < 1.29 is 4.48 Å². The van der Waals surface area contributed by atoms with Crippen molar-refractivity contribution in [3.8, 4) is 11.1 Å². The summed E-state index contributed by atoms with van der Waals surface area (Å²) in [5, 5.41) is 0. The van der Waals surface area contributed by atoms with Crippen LogP contribution in [0, 0.1) is 5.92 Å². The maximum atomic E-state index is 2.34. The zero-order valence-corrected chi connectivity index (χ0v) is 12.7. The average molecular weight is 278 g/mol. The molecule has 5 rings (SSSR count). The van der Waals surface area contributed by atoms with Crippen molar-refractivity contribution in [1.82, 2.24) is 0 Å². The van der Waals surface area contributed by atoms with Gasteiger partial charge in [-0.25, -0.2) is 0 Å². The van der Waals surface area contributed by atoms with E-state index in [4.69, 9.17) is 0 Å². The van der Waals surface area contributed by atoms with E-state index >= 15 is 0 Å². The largest absolute Gasteiger partial charge is 0.320 e. The van der Waals surface area contributed by atoms with Gasteiger partial charge in [-0.1, -0.05) is 54.6 Å². The first-order chi connectivity index (χ1) is 10.3. The van der Waals surface area contributed by atoms with Gasteiger partial charge in [-0.2, -0.15) is 0 Å². The summed E-state index contributed by atoms with van der Waals surface area (Å²) < 4.78 is 1.35. The Kier molecular flexibility index (Phi) is 3.31. The second-order valence-electron chi connectivity index (χ2n) is 6.97. The van der Waals surface area contributed by atoms with E-state index in [-0.39, 0.29) is 0 Å². The summed E-state index contributed by atoms with van der Waals surface area (Å²) in [5.41, 5.74) is 4.15. The molecule has 0 atom stereocenters. The van der Waals surface area contributed by atoms with Crippen LogP contribution in [-0.4, -0.2) is 24.1 Å². The Morgan fingerprint density at radius 2 is 1.29 bits per heavy atom. The molecule has 2 bridgehead atoms. The lowest BCUT2D eigenvalue weighted by atomic mass is 9.85. The smallest absolute Gasteiger partial charge is 0.104 e. The Bertz CT molecular complexity index is 578. The monoisotopic (exact) mass is 278 g/mol. The molecule has 0 aromatic heterocycles. The fraction of sp³-hybridized carbons (Fsp3) is 0.400. The van der Waals surface area contributed by atoms with Crippen LogP contribution in [0.3, 0.4) is 0 Å². The van der Waals surface area contributed by atoms with Gasteiger partial charge in [0.25, 0.3) is 0 Å². The number of quaternary nitrogens is 1. The Labute approximate surface area is 127 Å². The fourth-order valence-electron chi connectivity index (χ4n) is 4.20. The highest BCUT2D eigenvalue weighted by molar-refractivity contribution is 5.63. The van der Waals surface area contributed by atoms with Gasteiger partial charge in [-0.05, 0) is 36.3 Å². The van der Waals surface area contributed by atoms with Crippen LogP contribution in [0.15, 0.2) is 54.6 Å². The van der Waals surface area contributed by atoms with Crippen molar-refractivity contribution in [1.29, 1.82) is 0 Å². The summed E-state index contributed by atoms with van der Waals surface area (Å²) in [7, 11) is 0. The van der Waals surface area contributed by atoms with Crippen LogP contribution < -0.4 is 0 Å². The third-order valence-corrected chi connectivity index (χ3v) is 5.61. The second-order valence-corrected chi connectivity index (χ2v) is 6.97. The molecular formula is C20H24N+. The molecule has 0 N–H and O–H groups in total. The third-order valence-electron chi connectivity index (χ3n) is 5.61. The van der Waals surface area contributed by atoms with Crippen molar-refractivity contribution in [2.75, 3.05) is 19.6 Å². The molecule has 1 heteroatoms. The van der Waals surface area contributed by atoms with Gasteiger partial charge >= 0.3 is 0 Å². The quantitative estimate of drug-likeness (QED) is 0.726. The maximum absolute atomic E-state index is 2.34. The van der Waals surface area contributed by atoms with Gasteiger partial charge in [-0.3, -0.25) is 0 Å². The zero-order chi connectivity index (χ0) is 14.1. The average Bonchev–Trinajstić information content (AvgIpc) is 2.58. The van der Waals surface area contributed by atoms with Gasteiger partial charge in [0.15, 0.2) is 0 Å². The minimum Gasteiger partial charge on any atom is -0.320 e. The Hall–Kier alpha value is -1.60. The molecule has 3 aliphatic heterocycles. The minimum atomic E-state index is 1.05. The van der Waals surface area contributed by atoms with E-state index in [1.807, 2.05) is 0 Å². The molecule has 0 amide bonds. The zero-order valence-electron chi connectivity index (χ0n) is 12.7. The minimum absolute atomic E-state index is 1.05. The maximum Gasteiger partial charge on any atom is 0.104 e. The molecule has 3 saturated heterocycles. The van der Waals surface area contributed by atoms with E-state index in [1.54, 1.807) is 0 Å². The lowest BCUT2D eigenvalue weighted by Crippen LogP contribution is -2.57. The normalized spacial score (nSPS) is 27.7. The number of hydrogen-bond acceptors (Lipinski definition) is 0. The molecule has 0 saturated carbocycles. The van der Waals surface area contributed by atoms with Gasteiger partial charge in [0.1, 0.15) is 6.54 Å². The first kappa shape index (κ1) is 13.1. The van der Waals surface area contributed by atoms with E-state index in [0.29, 0.717) is 0 Å². The number of fused-ring (bicyclic) bond motifs is 3. The molecule has 3 fully saturated rings. The van der Waals surface area contributed by atoms with E-state index in [1.165, 1.54) is 66.6 Å². The Morgan fingerprint density at radius 3 is 1.90 bits per heavy atom. The second kappa shape index (κ2) is 5.31.